The summed E-state index contributed by atoms with van der Waals surface area (Å²) >= 11 is 0. The first-order valence-corrected chi connectivity index (χ1v) is 6.98. The number of hydrogen-bond donors (Lipinski definition) is 3. The van der Waals surface area contributed by atoms with Crippen molar-refractivity contribution in [2.75, 3.05) is 0 Å². The third-order valence-corrected chi connectivity index (χ3v) is 4.07. The van der Waals surface area contributed by atoms with Crippen LogP contribution >= 0.6 is 0 Å². The molecule has 0 radical (unpaired) electrons. The van der Waals surface area contributed by atoms with E-state index in [4.69, 9.17) is 0 Å². The Balaban J connectivity index is 1.73. The Labute approximate surface area is 104 Å². The fourth-order valence-electron chi connectivity index (χ4n) is 2.99. The molecule has 1 aliphatic heterocycles. The van der Waals surface area contributed by atoms with Crippen molar-refractivity contribution in [2.24, 2.45) is 0 Å². The van der Waals surface area contributed by atoms with Crippen LogP contribution in [0.4, 0.5) is 4.79 Å². The van der Waals surface area contributed by atoms with E-state index in [1.54, 1.807) is 0 Å². The molecule has 0 spiro atoms. The highest BCUT2D eigenvalue weighted by Gasteiger charge is 2.26. The third-order valence-electron chi connectivity index (χ3n) is 4.07. The number of carbonyl (C=O) groups excluding carboxylic acids is 1. The van der Waals surface area contributed by atoms with Gasteiger partial charge in [0.1, 0.15) is 0 Å². The van der Waals surface area contributed by atoms with Gasteiger partial charge in [0.2, 0.25) is 0 Å². The van der Waals surface area contributed by atoms with E-state index >= 15 is 0 Å². The summed E-state index contributed by atoms with van der Waals surface area (Å²) < 4.78 is 0. The summed E-state index contributed by atoms with van der Waals surface area (Å²) in [6.07, 6.45) is 7.01. The molecule has 1 aliphatic carbocycles. The first-order chi connectivity index (χ1) is 8.15. The lowest BCUT2D eigenvalue weighted by Gasteiger charge is -2.34. The summed E-state index contributed by atoms with van der Waals surface area (Å²) in [6.45, 7) is 4.35. The maximum Gasteiger partial charge on any atom is 0.315 e. The molecule has 2 rings (SSSR count). The summed E-state index contributed by atoms with van der Waals surface area (Å²) in [7, 11) is 0. The first-order valence-electron chi connectivity index (χ1n) is 6.98. The van der Waals surface area contributed by atoms with Crippen LogP contribution in [0.5, 0.6) is 0 Å². The average molecular weight is 239 g/mol. The number of amides is 2. The highest BCUT2D eigenvalue weighted by Crippen LogP contribution is 2.18. The van der Waals surface area contributed by atoms with Gasteiger partial charge in [0.05, 0.1) is 0 Å². The second-order valence-electron chi connectivity index (χ2n) is 5.64. The number of nitrogens with one attached hydrogen (secondary N) is 3. The topological polar surface area (TPSA) is 53.2 Å². The van der Waals surface area contributed by atoms with Crippen LogP contribution in [0.1, 0.15) is 52.4 Å². The van der Waals surface area contributed by atoms with E-state index < -0.39 is 0 Å². The molecule has 4 heteroatoms. The summed E-state index contributed by atoms with van der Waals surface area (Å²) in [6, 6.07) is 1.63. The standard InChI is InChI=1S/C13H25N3O/c1-9-7-8-12(10(2)14-9)16-13(17)15-11-5-3-4-6-11/h9-12,14H,3-8H2,1-2H3,(H2,15,16,17). The summed E-state index contributed by atoms with van der Waals surface area (Å²) in [5, 5.41) is 9.67. The van der Waals surface area contributed by atoms with Gasteiger partial charge in [-0.15, -0.1) is 0 Å². The summed E-state index contributed by atoms with van der Waals surface area (Å²) in [4.78, 5) is 11.8. The van der Waals surface area contributed by atoms with E-state index in [1.807, 2.05) is 0 Å². The van der Waals surface area contributed by atoms with Crippen LogP contribution in [0.15, 0.2) is 0 Å². The number of carbonyl (C=O) groups is 1. The fourth-order valence-corrected chi connectivity index (χ4v) is 2.99. The van der Waals surface area contributed by atoms with E-state index in [0.717, 1.165) is 25.7 Å². The molecule has 0 aromatic heterocycles. The lowest BCUT2D eigenvalue weighted by Crippen LogP contribution is -2.57. The van der Waals surface area contributed by atoms with Gasteiger partial charge >= 0.3 is 6.03 Å². The van der Waals surface area contributed by atoms with Crippen LogP contribution in [-0.4, -0.2) is 30.2 Å². The van der Waals surface area contributed by atoms with E-state index in [1.165, 1.54) is 12.8 Å². The van der Waals surface area contributed by atoms with E-state index in [-0.39, 0.29) is 12.1 Å². The highest BCUT2D eigenvalue weighted by atomic mass is 16.2. The molecule has 3 N–H and O–H groups in total. The molecule has 98 valence electrons. The second kappa shape index (κ2) is 5.71. The molecular weight excluding hydrogens is 214 g/mol. The van der Waals surface area contributed by atoms with Crippen LogP contribution in [0.2, 0.25) is 0 Å². The minimum Gasteiger partial charge on any atom is -0.335 e. The lowest BCUT2D eigenvalue weighted by molar-refractivity contribution is 0.218. The maximum absolute atomic E-state index is 11.8. The Hall–Kier alpha value is -0.770. The zero-order valence-corrected chi connectivity index (χ0v) is 11.0. The van der Waals surface area contributed by atoms with Crippen molar-refractivity contribution < 1.29 is 4.79 Å². The Morgan fingerprint density at radius 2 is 1.76 bits per heavy atom. The third kappa shape index (κ3) is 3.60. The molecular formula is C13H25N3O. The Morgan fingerprint density at radius 1 is 1.06 bits per heavy atom. The van der Waals surface area contributed by atoms with E-state index in [9.17, 15) is 4.79 Å². The SMILES string of the molecule is CC1CCC(NC(=O)NC2CCCC2)C(C)N1. The number of urea groups is 1. The molecule has 0 aromatic rings. The molecule has 2 amide bonds. The van der Waals surface area contributed by atoms with Crippen molar-refractivity contribution in [1.29, 1.82) is 0 Å². The smallest absolute Gasteiger partial charge is 0.315 e. The predicted molar refractivity (Wildman–Crippen MR) is 69.0 cm³/mol. The van der Waals surface area contributed by atoms with Crippen LogP contribution < -0.4 is 16.0 Å². The first kappa shape index (κ1) is 12.7. The Bertz CT molecular complexity index is 263. The van der Waals surface area contributed by atoms with Crippen LogP contribution in [0.3, 0.4) is 0 Å². The minimum atomic E-state index is 0.0186. The normalized spacial score (nSPS) is 34.6. The lowest BCUT2D eigenvalue weighted by atomic mass is 9.95. The molecule has 1 saturated carbocycles. The predicted octanol–water partition coefficient (Wildman–Crippen LogP) is 1.76. The van der Waals surface area contributed by atoms with Crippen molar-refractivity contribution in [3.05, 3.63) is 0 Å². The molecule has 3 atom stereocenters. The number of piperidine rings is 1. The van der Waals surface area contributed by atoms with Gasteiger partial charge in [0.25, 0.3) is 0 Å². The molecule has 2 fully saturated rings. The summed E-state index contributed by atoms with van der Waals surface area (Å²) in [5.74, 6) is 0. The number of hydrogen-bond acceptors (Lipinski definition) is 2. The number of rotatable bonds is 2. The van der Waals surface area contributed by atoms with Crippen LogP contribution in [-0.2, 0) is 0 Å². The van der Waals surface area contributed by atoms with Gasteiger partial charge < -0.3 is 16.0 Å². The average Bonchev–Trinajstić information content (AvgIpc) is 2.75. The molecule has 1 heterocycles. The van der Waals surface area contributed by atoms with E-state index in [0.29, 0.717) is 18.1 Å². The molecule has 17 heavy (non-hydrogen) atoms. The summed E-state index contributed by atoms with van der Waals surface area (Å²) in [5.41, 5.74) is 0. The van der Waals surface area contributed by atoms with Gasteiger partial charge in [-0.1, -0.05) is 12.8 Å². The fraction of sp³-hybridized carbons (Fsp3) is 0.923. The van der Waals surface area contributed by atoms with Crippen molar-refractivity contribution in [3.8, 4) is 0 Å². The molecule has 1 saturated heterocycles. The zero-order chi connectivity index (χ0) is 12.3. The van der Waals surface area contributed by atoms with Crippen molar-refractivity contribution in [3.63, 3.8) is 0 Å². The molecule has 3 unspecified atom stereocenters. The van der Waals surface area contributed by atoms with Crippen molar-refractivity contribution >= 4 is 6.03 Å². The van der Waals surface area contributed by atoms with Crippen molar-refractivity contribution in [1.82, 2.24) is 16.0 Å². The zero-order valence-electron chi connectivity index (χ0n) is 11.0. The monoisotopic (exact) mass is 239 g/mol. The molecule has 0 bridgehead atoms. The van der Waals surface area contributed by atoms with Crippen LogP contribution in [0, 0.1) is 0 Å². The minimum absolute atomic E-state index is 0.0186. The van der Waals surface area contributed by atoms with Gasteiger partial charge in [-0.2, -0.15) is 0 Å². The Morgan fingerprint density at radius 3 is 2.41 bits per heavy atom. The highest BCUT2D eigenvalue weighted by molar-refractivity contribution is 5.74. The van der Waals surface area contributed by atoms with E-state index in [2.05, 4.69) is 29.8 Å². The van der Waals surface area contributed by atoms with Gasteiger partial charge in [-0.05, 0) is 39.5 Å². The maximum atomic E-state index is 11.8. The largest absolute Gasteiger partial charge is 0.335 e. The van der Waals surface area contributed by atoms with Gasteiger partial charge in [0, 0.05) is 24.2 Å². The molecule has 4 nitrogen and oxygen atoms in total. The van der Waals surface area contributed by atoms with Crippen molar-refractivity contribution in [2.45, 2.75) is 76.5 Å². The van der Waals surface area contributed by atoms with Gasteiger partial charge in [-0.25, -0.2) is 4.79 Å². The van der Waals surface area contributed by atoms with Gasteiger partial charge in [0.15, 0.2) is 0 Å². The quantitative estimate of drug-likeness (QED) is 0.688. The van der Waals surface area contributed by atoms with Crippen LogP contribution in [0.25, 0.3) is 0 Å². The molecule has 0 aromatic carbocycles. The second-order valence-corrected chi connectivity index (χ2v) is 5.64. The Kier molecular flexibility index (Phi) is 4.26. The van der Waals surface area contributed by atoms with Gasteiger partial charge in [-0.3, -0.25) is 0 Å². The molecule has 2 aliphatic rings.